The molecule has 0 aliphatic heterocycles. The van der Waals surface area contributed by atoms with Crippen LogP contribution in [0.1, 0.15) is 13.3 Å². The molecule has 8 heteroatoms. The van der Waals surface area contributed by atoms with E-state index >= 15 is 0 Å². The summed E-state index contributed by atoms with van der Waals surface area (Å²) in [6.45, 7) is 2.47. The molecule has 1 rings (SSSR count). The number of esters is 1. The van der Waals surface area contributed by atoms with E-state index in [1.807, 2.05) is 0 Å². The van der Waals surface area contributed by atoms with Gasteiger partial charge in [0.05, 0.1) is 23.1 Å². The fourth-order valence-corrected chi connectivity index (χ4v) is 1.69. The molecule has 0 radical (unpaired) electrons. The predicted molar refractivity (Wildman–Crippen MR) is 71.8 cm³/mol. The van der Waals surface area contributed by atoms with Gasteiger partial charge in [-0.1, -0.05) is 23.2 Å². The van der Waals surface area contributed by atoms with Gasteiger partial charge in [-0.05, 0) is 13.0 Å². The molecule has 0 saturated carbocycles. The lowest BCUT2D eigenvalue weighted by atomic mass is 10.4. The number of hydrogen-bond donors (Lipinski definition) is 3. The van der Waals surface area contributed by atoms with E-state index in [1.165, 1.54) is 6.07 Å². The third-order valence-corrected chi connectivity index (χ3v) is 2.57. The summed E-state index contributed by atoms with van der Waals surface area (Å²) in [6, 6.07) is 1.51. The first-order valence-electron chi connectivity index (χ1n) is 5.30. The lowest BCUT2D eigenvalue weighted by molar-refractivity contribution is -0.142. The minimum Gasteiger partial charge on any atom is -0.466 e. The molecule has 0 amide bonds. The number of carbonyl (C=O) groups is 1. The highest BCUT2D eigenvalue weighted by molar-refractivity contribution is 6.37. The van der Waals surface area contributed by atoms with Crippen molar-refractivity contribution < 1.29 is 9.53 Å². The quantitative estimate of drug-likeness (QED) is 0.422. The first kappa shape index (κ1) is 14.8. The molecular weight excluding hydrogens is 279 g/mol. The lowest BCUT2D eigenvalue weighted by Gasteiger charge is -2.10. The van der Waals surface area contributed by atoms with Crippen molar-refractivity contribution in [3.63, 3.8) is 0 Å². The molecule has 100 valence electrons. The number of hydrogen-bond acceptors (Lipinski definition) is 6. The van der Waals surface area contributed by atoms with E-state index in [4.69, 9.17) is 33.8 Å². The third-order valence-electron chi connectivity index (χ3n) is 1.99. The number of rotatable bonds is 6. The average molecular weight is 293 g/mol. The maximum absolute atomic E-state index is 11.1. The molecule has 1 aromatic rings. The number of nitrogen functional groups attached to an aromatic ring is 1. The average Bonchev–Trinajstić information content (AvgIpc) is 2.32. The maximum atomic E-state index is 11.1. The van der Waals surface area contributed by atoms with Crippen LogP contribution in [0.5, 0.6) is 0 Å². The molecule has 4 N–H and O–H groups in total. The molecule has 0 bridgehead atoms. The third kappa shape index (κ3) is 4.21. The van der Waals surface area contributed by atoms with E-state index in [0.29, 0.717) is 34.8 Å². The Morgan fingerprint density at radius 2 is 2.11 bits per heavy atom. The van der Waals surface area contributed by atoms with Crippen LogP contribution < -0.4 is 16.6 Å². The van der Waals surface area contributed by atoms with Crippen LogP contribution in [-0.4, -0.2) is 24.1 Å². The molecule has 1 aromatic heterocycles. The van der Waals surface area contributed by atoms with Gasteiger partial charge in [-0.2, -0.15) is 0 Å². The Labute approximate surface area is 115 Å². The lowest BCUT2D eigenvalue weighted by Crippen LogP contribution is -2.14. The second-order valence-electron chi connectivity index (χ2n) is 3.28. The molecule has 0 unspecified atom stereocenters. The molecule has 0 spiro atoms. The number of nitrogens with zero attached hydrogens (tertiary/aromatic N) is 1. The van der Waals surface area contributed by atoms with Crippen molar-refractivity contribution in [3.05, 3.63) is 16.1 Å². The summed E-state index contributed by atoms with van der Waals surface area (Å²) in [4.78, 5) is 15.2. The molecule has 18 heavy (non-hydrogen) atoms. The Hall–Kier alpha value is -1.24. The molecule has 0 fully saturated rings. The number of carbonyl (C=O) groups excluding carboxylic acids is 1. The smallest absolute Gasteiger partial charge is 0.307 e. The molecule has 0 atom stereocenters. The molecule has 0 saturated heterocycles. The van der Waals surface area contributed by atoms with Gasteiger partial charge in [-0.25, -0.2) is 10.8 Å². The molecule has 0 aliphatic rings. The highest BCUT2D eigenvalue weighted by Gasteiger charge is 2.09. The zero-order valence-electron chi connectivity index (χ0n) is 9.80. The molecule has 0 aliphatic carbocycles. The van der Waals surface area contributed by atoms with Crippen LogP contribution in [-0.2, 0) is 9.53 Å². The van der Waals surface area contributed by atoms with Crippen molar-refractivity contribution in [2.24, 2.45) is 5.84 Å². The van der Waals surface area contributed by atoms with E-state index in [-0.39, 0.29) is 12.4 Å². The van der Waals surface area contributed by atoms with Gasteiger partial charge in [0, 0.05) is 6.54 Å². The zero-order chi connectivity index (χ0) is 13.5. The molecule has 1 heterocycles. The minimum absolute atomic E-state index is 0.222. The van der Waals surface area contributed by atoms with Gasteiger partial charge >= 0.3 is 5.97 Å². The molecule has 6 nitrogen and oxygen atoms in total. The normalized spacial score (nSPS) is 10.0. The fraction of sp³-hybridized carbons (Fsp3) is 0.400. The van der Waals surface area contributed by atoms with E-state index in [9.17, 15) is 4.79 Å². The Bertz CT molecular complexity index is 429. The van der Waals surface area contributed by atoms with Crippen molar-refractivity contribution >= 4 is 40.8 Å². The first-order chi connectivity index (χ1) is 8.58. The summed E-state index contributed by atoms with van der Waals surface area (Å²) >= 11 is 11.8. The van der Waals surface area contributed by atoms with Crippen LogP contribution in [0.25, 0.3) is 0 Å². The van der Waals surface area contributed by atoms with Crippen LogP contribution in [0, 0.1) is 0 Å². The topological polar surface area (TPSA) is 89.3 Å². The van der Waals surface area contributed by atoms with Crippen molar-refractivity contribution in [2.75, 3.05) is 23.9 Å². The minimum atomic E-state index is -0.285. The van der Waals surface area contributed by atoms with E-state index in [2.05, 4.69) is 15.7 Å². The standard InChI is InChI=1S/C10H14Cl2N4O2/c1-2-18-8(17)3-4-14-9-6(11)5-7(12)10(15-9)16-13/h5H,2-4,13H2,1H3,(H2,14,15,16). The van der Waals surface area contributed by atoms with Gasteiger partial charge in [0.25, 0.3) is 0 Å². The largest absolute Gasteiger partial charge is 0.466 e. The van der Waals surface area contributed by atoms with Gasteiger partial charge in [0.1, 0.15) is 5.82 Å². The monoisotopic (exact) mass is 292 g/mol. The van der Waals surface area contributed by atoms with E-state index < -0.39 is 0 Å². The number of nitrogens with two attached hydrogens (primary N) is 1. The maximum Gasteiger partial charge on any atom is 0.307 e. The van der Waals surface area contributed by atoms with Crippen LogP contribution in [0.3, 0.4) is 0 Å². The first-order valence-corrected chi connectivity index (χ1v) is 6.06. The molecule has 0 aromatic carbocycles. The summed E-state index contributed by atoms with van der Waals surface area (Å²) in [6.07, 6.45) is 0.222. The fourth-order valence-electron chi connectivity index (χ4n) is 1.21. The summed E-state index contributed by atoms with van der Waals surface area (Å²) in [5.74, 6) is 5.67. The van der Waals surface area contributed by atoms with Crippen LogP contribution in [0.15, 0.2) is 6.07 Å². The summed E-state index contributed by atoms with van der Waals surface area (Å²) in [5, 5.41) is 3.57. The Kier molecular flexibility index (Phi) is 5.97. The zero-order valence-corrected chi connectivity index (χ0v) is 11.3. The van der Waals surface area contributed by atoms with Crippen LogP contribution >= 0.6 is 23.2 Å². The predicted octanol–water partition coefficient (Wildman–Crippen LogP) is 2.04. The van der Waals surface area contributed by atoms with Crippen molar-refractivity contribution in [3.8, 4) is 0 Å². The van der Waals surface area contributed by atoms with Crippen molar-refractivity contribution in [1.82, 2.24) is 4.98 Å². The number of aromatic nitrogens is 1. The van der Waals surface area contributed by atoms with Gasteiger partial charge in [-0.15, -0.1) is 0 Å². The van der Waals surface area contributed by atoms with Crippen molar-refractivity contribution in [2.45, 2.75) is 13.3 Å². The van der Waals surface area contributed by atoms with Crippen molar-refractivity contribution in [1.29, 1.82) is 0 Å². The number of halogens is 2. The second kappa shape index (κ2) is 7.25. The van der Waals surface area contributed by atoms with E-state index in [1.54, 1.807) is 6.92 Å². The Morgan fingerprint density at radius 1 is 1.44 bits per heavy atom. The summed E-state index contributed by atoms with van der Waals surface area (Å²) < 4.78 is 4.79. The highest BCUT2D eigenvalue weighted by Crippen LogP contribution is 2.28. The van der Waals surface area contributed by atoms with Gasteiger partial charge in [-0.3, -0.25) is 4.79 Å². The number of ether oxygens (including phenoxy) is 1. The summed E-state index contributed by atoms with van der Waals surface area (Å²) in [5.41, 5.74) is 2.35. The van der Waals surface area contributed by atoms with Crippen LogP contribution in [0.2, 0.25) is 10.0 Å². The molecular formula is C10H14Cl2N4O2. The Balaban J connectivity index is 2.59. The second-order valence-corrected chi connectivity index (χ2v) is 4.09. The highest BCUT2D eigenvalue weighted by atomic mass is 35.5. The van der Waals surface area contributed by atoms with E-state index in [0.717, 1.165) is 0 Å². The SMILES string of the molecule is CCOC(=O)CCNc1nc(NN)c(Cl)cc1Cl. The number of nitrogens with one attached hydrogen (secondary N) is 2. The van der Waals surface area contributed by atoms with Gasteiger partial charge in [0.15, 0.2) is 5.82 Å². The van der Waals surface area contributed by atoms with Crippen LogP contribution in [0.4, 0.5) is 11.6 Å². The summed E-state index contributed by atoms with van der Waals surface area (Å²) in [7, 11) is 0. The number of hydrazine groups is 1. The van der Waals surface area contributed by atoms with Gasteiger partial charge < -0.3 is 15.5 Å². The number of anilines is 2. The van der Waals surface area contributed by atoms with Gasteiger partial charge in [0.2, 0.25) is 0 Å². The Morgan fingerprint density at radius 3 is 2.72 bits per heavy atom. The number of pyridine rings is 1.